The number of aromatic amines is 1. The third-order valence-corrected chi connectivity index (χ3v) is 2.45. The van der Waals surface area contributed by atoms with Crippen molar-refractivity contribution in [3.8, 4) is 0 Å². The minimum atomic E-state index is -1.20. The highest BCUT2D eigenvalue weighted by Crippen LogP contribution is 2.16. The second-order valence-corrected chi connectivity index (χ2v) is 4.09. The summed E-state index contributed by atoms with van der Waals surface area (Å²) < 4.78 is 0.646. The van der Waals surface area contributed by atoms with Crippen LogP contribution in [0.2, 0.25) is 0 Å². The molecule has 0 aliphatic carbocycles. The predicted octanol–water partition coefficient (Wildman–Crippen LogP) is -0.249. The quantitative estimate of drug-likeness (QED) is 0.611. The predicted molar refractivity (Wildman–Crippen MR) is 59.7 cm³/mol. The topological polar surface area (TPSA) is 85.3 Å². The molecule has 0 bridgehead atoms. The molecule has 2 atom stereocenters. The van der Waals surface area contributed by atoms with Crippen LogP contribution in [0, 0.1) is 0 Å². The molecule has 0 aliphatic heterocycles. The van der Waals surface area contributed by atoms with E-state index >= 15 is 0 Å². The maximum absolute atomic E-state index is 11.4. The largest absolute Gasteiger partial charge is 0.389 e. The van der Waals surface area contributed by atoms with Crippen LogP contribution in [0.5, 0.6) is 0 Å². The Bertz CT molecular complexity index is 380. The lowest BCUT2D eigenvalue weighted by atomic mass is 10.1. The van der Waals surface area contributed by atoms with Crippen molar-refractivity contribution in [2.24, 2.45) is 0 Å². The zero-order chi connectivity index (χ0) is 11.4. The maximum Gasteiger partial charge on any atom is 0.253 e. The van der Waals surface area contributed by atoms with E-state index in [-0.39, 0.29) is 12.1 Å². The Balaban J connectivity index is 2.94. The number of H-pyrrole nitrogens is 1. The first-order valence-electron chi connectivity index (χ1n) is 4.45. The molecule has 2 unspecified atom stereocenters. The number of rotatable bonds is 4. The van der Waals surface area contributed by atoms with Crippen molar-refractivity contribution in [3.05, 3.63) is 32.7 Å². The van der Waals surface area contributed by atoms with Crippen molar-refractivity contribution >= 4 is 15.9 Å². The van der Waals surface area contributed by atoms with E-state index in [2.05, 4.69) is 26.2 Å². The number of aliphatic hydroxyl groups is 2. The van der Waals surface area contributed by atoms with Gasteiger partial charge >= 0.3 is 0 Å². The van der Waals surface area contributed by atoms with Gasteiger partial charge in [-0.2, -0.15) is 0 Å². The molecule has 0 radical (unpaired) electrons. The molecule has 1 heterocycles. The number of aliphatic hydroxyl groups excluding tert-OH is 2. The number of aromatic nitrogens is 1. The van der Waals surface area contributed by atoms with Gasteiger partial charge in [-0.05, 0) is 29.0 Å². The van der Waals surface area contributed by atoms with Crippen LogP contribution in [0.4, 0.5) is 0 Å². The Morgan fingerprint density at radius 2 is 2.27 bits per heavy atom. The molecule has 6 heteroatoms. The summed E-state index contributed by atoms with van der Waals surface area (Å²) in [6.45, 7) is 0.215. The molecule has 1 aromatic rings. The first kappa shape index (κ1) is 12.4. The Kier molecular flexibility index (Phi) is 4.46. The van der Waals surface area contributed by atoms with Crippen LogP contribution >= 0.6 is 15.9 Å². The molecule has 0 amide bonds. The fraction of sp³-hybridized carbons (Fsp3) is 0.444. The lowest BCUT2D eigenvalue weighted by Gasteiger charge is -2.16. The summed E-state index contributed by atoms with van der Waals surface area (Å²) >= 11 is 3.17. The van der Waals surface area contributed by atoms with Crippen molar-refractivity contribution in [1.82, 2.24) is 10.3 Å². The molecule has 84 valence electrons. The van der Waals surface area contributed by atoms with E-state index in [1.54, 1.807) is 7.05 Å². The first-order chi connectivity index (χ1) is 7.06. The molecular formula is C9H13BrN2O3. The minimum Gasteiger partial charge on any atom is -0.389 e. The van der Waals surface area contributed by atoms with Gasteiger partial charge in [0.2, 0.25) is 0 Å². The van der Waals surface area contributed by atoms with Gasteiger partial charge in [-0.15, -0.1) is 0 Å². The number of hydrogen-bond donors (Lipinski definition) is 4. The normalized spacial score (nSPS) is 14.9. The summed E-state index contributed by atoms with van der Waals surface area (Å²) in [5.41, 5.74) is -0.257. The van der Waals surface area contributed by atoms with Crippen LogP contribution in [-0.2, 0) is 0 Å². The van der Waals surface area contributed by atoms with Crippen molar-refractivity contribution in [2.75, 3.05) is 13.6 Å². The van der Waals surface area contributed by atoms with Crippen LogP contribution in [0.1, 0.15) is 11.7 Å². The van der Waals surface area contributed by atoms with E-state index in [1.807, 2.05) is 0 Å². The standard InChI is InChI=1S/C9H13BrN2O3/c1-11-4-7(13)8(14)6-2-5(10)3-12-9(6)15/h2-3,7-8,11,13-14H,4H2,1H3,(H,12,15). The fourth-order valence-electron chi connectivity index (χ4n) is 1.22. The SMILES string of the molecule is CNCC(O)C(O)c1cc(Br)c[nH]c1=O. The van der Waals surface area contributed by atoms with E-state index in [4.69, 9.17) is 0 Å². The maximum atomic E-state index is 11.4. The minimum absolute atomic E-state index is 0.145. The van der Waals surface area contributed by atoms with Crippen molar-refractivity contribution < 1.29 is 10.2 Å². The number of nitrogens with one attached hydrogen (secondary N) is 2. The molecule has 0 aliphatic rings. The highest BCUT2D eigenvalue weighted by Gasteiger charge is 2.20. The molecular weight excluding hydrogens is 264 g/mol. The van der Waals surface area contributed by atoms with E-state index < -0.39 is 17.8 Å². The Morgan fingerprint density at radius 1 is 1.60 bits per heavy atom. The van der Waals surface area contributed by atoms with Crippen LogP contribution in [0.25, 0.3) is 0 Å². The Labute approximate surface area is 95.3 Å². The van der Waals surface area contributed by atoms with Gasteiger partial charge in [-0.25, -0.2) is 0 Å². The van der Waals surface area contributed by atoms with E-state index in [1.165, 1.54) is 12.3 Å². The van der Waals surface area contributed by atoms with E-state index in [0.717, 1.165) is 0 Å². The summed E-state index contributed by atoms with van der Waals surface area (Å²) in [4.78, 5) is 13.8. The van der Waals surface area contributed by atoms with Gasteiger partial charge in [0, 0.05) is 22.8 Å². The summed E-state index contributed by atoms with van der Waals surface area (Å²) in [6.07, 6.45) is -0.729. The number of hydrogen-bond acceptors (Lipinski definition) is 4. The van der Waals surface area contributed by atoms with Crippen molar-refractivity contribution in [2.45, 2.75) is 12.2 Å². The zero-order valence-corrected chi connectivity index (χ0v) is 9.78. The van der Waals surface area contributed by atoms with E-state index in [0.29, 0.717) is 4.47 Å². The van der Waals surface area contributed by atoms with E-state index in [9.17, 15) is 15.0 Å². The van der Waals surface area contributed by atoms with Gasteiger partial charge in [-0.3, -0.25) is 4.79 Å². The van der Waals surface area contributed by atoms with Crippen LogP contribution in [0.15, 0.2) is 21.5 Å². The van der Waals surface area contributed by atoms with Gasteiger partial charge in [-0.1, -0.05) is 0 Å². The molecule has 0 saturated carbocycles. The number of halogens is 1. The Hall–Kier alpha value is -0.690. The van der Waals surface area contributed by atoms with Crippen LogP contribution in [0.3, 0.4) is 0 Å². The van der Waals surface area contributed by atoms with Crippen LogP contribution in [-0.4, -0.2) is 34.9 Å². The van der Waals surface area contributed by atoms with Gasteiger partial charge in [0.15, 0.2) is 0 Å². The lowest BCUT2D eigenvalue weighted by Crippen LogP contribution is -2.32. The van der Waals surface area contributed by atoms with Crippen molar-refractivity contribution in [1.29, 1.82) is 0 Å². The molecule has 0 spiro atoms. The summed E-state index contributed by atoms with van der Waals surface area (Å²) in [5, 5.41) is 21.9. The number of pyridine rings is 1. The molecule has 5 nitrogen and oxygen atoms in total. The highest BCUT2D eigenvalue weighted by molar-refractivity contribution is 9.10. The first-order valence-corrected chi connectivity index (χ1v) is 5.24. The third-order valence-electron chi connectivity index (χ3n) is 1.99. The van der Waals surface area contributed by atoms with Crippen LogP contribution < -0.4 is 10.9 Å². The highest BCUT2D eigenvalue weighted by atomic mass is 79.9. The monoisotopic (exact) mass is 276 g/mol. The van der Waals surface area contributed by atoms with Gasteiger partial charge in [0.1, 0.15) is 6.10 Å². The molecule has 4 N–H and O–H groups in total. The average Bonchev–Trinajstić information content (AvgIpc) is 2.21. The summed E-state index contributed by atoms with van der Waals surface area (Å²) in [7, 11) is 1.65. The average molecular weight is 277 g/mol. The van der Waals surface area contributed by atoms with Gasteiger partial charge < -0.3 is 20.5 Å². The second kappa shape index (κ2) is 5.41. The van der Waals surface area contributed by atoms with Crippen molar-refractivity contribution in [3.63, 3.8) is 0 Å². The smallest absolute Gasteiger partial charge is 0.253 e. The zero-order valence-electron chi connectivity index (χ0n) is 8.20. The molecule has 15 heavy (non-hydrogen) atoms. The Morgan fingerprint density at radius 3 is 2.87 bits per heavy atom. The molecule has 1 rings (SSSR count). The number of likely N-dealkylation sites (N-methyl/N-ethyl adjacent to an activating group) is 1. The molecule has 0 aromatic carbocycles. The third kappa shape index (κ3) is 3.13. The fourth-order valence-corrected chi connectivity index (χ4v) is 1.58. The molecule has 0 fully saturated rings. The lowest BCUT2D eigenvalue weighted by molar-refractivity contribution is 0.0193. The second-order valence-electron chi connectivity index (χ2n) is 3.17. The van der Waals surface area contributed by atoms with Gasteiger partial charge in [0.25, 0.3) is 5.56 Å². The van der Waals surface area contributed by atoms with Gasteiger partial charge in [0.05, 0.1) is 6.10 Å². The summed E-state index contributed by atoms with van der Waals surface area (Å²) in [6, 6.07) is 1.49. The molecule has 0 saturated heterocycles. The molecule has 1 aromatic heterocycles. The summed E-state index contributed by atoms with van der Waals surface area (Å²) in [5.74, 6) is 0.